The number of hydrazine groups is 1. The normalized spacial score (nSPS) is 10.5. The Morgan fingerprint density at radius 2 is 1.92 bits per heavy atom. The lowest BCUT2D eigenvalue weighted by atomic mass is 10.1. The van der Waals surface area contributed by atoms with Crippen LogP contribution >= 0.6 is 23.6 Å². The Balaban J connectivity index is 1.56. The highest BCUT2D eigenvalue weighted by molar-refractivity contribution is 7.71. The number of H-pyrrole nitrogens is 1. The molecule has 1 aromatic carbocycles. The van der Waals surface area contributed by atoms with Gasteiger partial charge < -0.3 is 0 Å². The lowest BCUT2D eigenvalue weighted by molar-refractivity contribution is -0.128. The summed E-state index contributed by atoms with van der Waals surface area (Å²) in [6.45, 7) is -0.0978. The van der Waals surface area contributed by atoms with Crippen LogP contribution in [0, 0.1) is 10.6 Å². The van der Waals surface area contributed by atoms with Gasteiger partial charge in [0, 0.05) is 0 Å². The van der Waals surface area contributed by atoms with Crippen LogP contribution in [-0.4, -0.2) is 26.6 Å². The van der Waals surface area contributed by atoms with Crippen molar-refractivity contribution in [2.75, 3.05) is 0 Å². The fraction of sp³-hybridized carbons (Fsp3) is 0.125. The van der Waals surface area contributed by atoms with Crippen LogP contribution in [0.1, 0.15) is 5.56 Å². The van der Waals surface area contributed by atoms with E-state index in [1.165, 1.54) is 35.6 Å². The maximum absolute atomic E-state index is 12.9. The van der Waals surface area contributed by atoms with Gasteiger partial charge in [0.1, 0.15) is 12.4 Å². The predicted molar refractivity (Wildman–Crippen MR) is 97.1 cm³/mol. The van der Waals surface area contributed by atoms with Crippen molar-refractivity contribution in [3.05, 3.63) is 57.9 Å². The summed E-state index contributed by atoms with van der Waals surface area (Å²) in [4.78, 5) is 24.8. The maximum Gasteiger partial charge on any atom is 0.258 e. The van der Waals surface area contributed by atoms with Crippen LogP contribution in [0.4, 0.5) is 4.39 Å². The monoisotopic (exact) mass is 391 g/mol. The lowest BCUT2D eigenvalue weighted by Gasteiger charge is -2.09. The zero-order valence-corrected chi connectivity index (χ0v) is 15.0. The summed E-state index contributed by atoms with van der Waals surface area (Å²) in [5, 5.41) is 8.68. The highest BCUT2D eigenvalue weighted by Gasteiger charge is 2.13. The molecule has 0 radical (unpaired) electrons. The van der Waals surface area contributed by atoms with Gasteiger partial charge in [0.2, 0.25) is 5.91 Å². The Kier molecular flexibility index (Phi) is 5.54. The number of benzene rings is 1. The van der Waals surface area contributed by atoms with Crippen molar-refractivity contribution in [2.24, 2.45) is 0 Å². The first kappa shape index (κ1) is 18.0. The average Bonchev–Trinajstić information content (AvgIpc) is 3.26. The third-order valence-electron chi connectivity index (χ3n) is 3.42. The molecule has 134 valence electrons. The molecule has 2 heterocycles. The fourth-order valence-corrected chi connectivity index (χ4v) is 3.13. The first-order valence-corrected chi connectivity index (χ1v) is 8.83. The molecule has 0 atom stereocenters. The van der Waals surface area contributed by atoms with Gasteiger partial charge in [0.15, 0.2) is 10.6 Å². The molecule has 3 rings (SSSR count). The number of carbonyl (C=O) groups excluding carboxylic acids is 2. The minimum absolute atomic E-state index is 0.0200. The summed E-state index contributed by atoms with van der Waals surface area (Å²) in [6.07, 6.45) is 0.0200. The Hall–Kier alpha value is -2.85. The number of halogens is 1. The molecule has 7 nitrogen and oxygen atoms in total. The van der Waals surface area contributed by atoms with E-state index in [1.54, 1.807) is 4.57 Å². The summed E-state index contributed by atoms with van der Waals surface area (Å²) in [6, 6.07) is 9.30. The van der Waals surface area contributed by atoms with Gasteiger partial charge in [-0.2, -0.15) is 5.10 Å². The molecule has 0 aliphatic heterocycles. The molecular formula is C16H14FN5O2S2. The first-order valence-electron chi connectivity index (χ1n) is 7.54. The van der Waals surface area contributed by atoms with Gasteiger partial charge in [-0.25, -0.2) is 4.39 Å². The first-order chi connectivity index (χ1) is 12.5. The van der Waals surface area contributed by atoms with Crippen LogP contribution in [0.5, 0.6) is 0 Å². The zero-order chi connectivity index (χ0) is 18.5. The van der Waals surface area contributed by atoms with Gasteiger partial charge >= 0.3 is 0 Å². The number of rotatable bonds is 5. The maximum atomic E-state index is 12.9. The molecule has 0 aliphatic rings. The topological polar surface area (TPSA) is 91.8 Å². The smallest absolute Gasteiger partial charge is 0.258 e. The van der Waals surface area contributed by atoms with E-state index >= 15 is 0 Å². The number of aromatic nitrogens is 3. The second-order valence-corrected chi connectivity index (χ2v) is 6.65. The van der Waals surface area contributed by atoms with Crippen LogP contribution < -0.4 is 10.9 Å². The Bertz CT molecular complexity index is 963. The highest BCUT2D eigenvalue weighted by atomic mass is 32.1. The number of amides is 2. The van der Waals surface area contributed by atoms with E-state index in [0.29, 0.717) is 16.2 Å². The Morgan fingerprint density at radius 3 is 2.62 bits per heavy atom. The molecule has 3 aromatic rings. The molecule has 0 fully saturated rings. The molecule has 0 bridgehead atoms. The largest absolute Gasteiger partial charge is 0.290 e. The second kappa shape index (κ2) is 8.02. The molecule has 2 amide bonds. The van der Waals surface area contributed by atoms with Gasteiger partial charge in [-0.3, -0.25) is 30.1 Å². The molecule has 0 aliphatic carbocycles. The van der Waals surface area contributed by atoms with Crippen molar-refractivity contribution in [2.45, 2.75) is 13.0 Å². The van der Waals surface area contributed by atoms with Crippen LogP contribution in [0.25, 0.3) is 10.7 Å². The summed E-state index contributed by atoms with van der Waals surface area (Å²) >= 11 is 6.62. The number of carbonyl (C=O) groups is 2. The standard InChI is InChI=1S/C16H14FN5O2S2/c17-11-5-3-10(4-6-11)8-13(23)18-19-14(24)9-22-15(20-21-16(22)25)12-2-1-7-26-12/h1-7H,8-9H2,(H,18,23)(H,19,24)(H,21,25). The van der Waals surface area contributed by atoms with Crippen LogP contribution in [0.3, 0.4) is 0 Å². The molecule has 10 heteroatoms. The van der Waals surface area contributed by atoms with Crippen LogP contribution in [0.15, 0.2) is 41.8 Å². The minimum atomic E-state index is -0.451. The fourth-order valence-electron chi connectivity index (χ4n) is 2.21. The van der Waals surface area contributed by atoms with E-state index < -0.39 is 11.8 Å². The lowest BCUT2D eigenvalue weighted by Crippen LogP contribution is -2.43. The summed E-state index contributed by atoms with van der Waals surface area (Å²) in [7, 11) is 0. The van der Waals surface area contributed by atoms with E-state index in [2.05, 4.69) is 21.0 Å². The average molecular weight is 391 g/mol. The molecule has 26 heavy (non-hydrogen) atoms. The van der Waals surface area contributed by atoms with Crippen molar-refractivity contribution >= 4 is 35.4 Å². The zero-order valence-electron chi connectivity index (χ0n) is 13.4. The number of aromatic amines is 1. The van der Waals surface area contributed by atoms with E-state index in [4.69, 9.17) is 12.2 Å². The van der Waals surface area contributed by atoms with E-state index in [9.17, 15) is 14.0 Å². The summed E-state index contributed by atoms with van der Waals surface area (Å²) in [5.41, 5.74) is 5.29. The van der Waals surface area contributed by atoms with Gasteiger partial charge in [0.25, 0.3) is 5.91 Å². The van der Waals surface area contributed by atoms with Gasteiger partial charge in [-0.1, -0.05) is 18.2 Å². The van der Waals surface area contributed by atoms with Crippen molar-refractivity contribution in [3.8, 4) is 10.7 Å². The molecule has 0 unspecified atom stereocenters. The van der Waals surface area contributed by atoms with E-state index in [0.717, 1.165) is 4.88 Å². The molecule has 0 saturated carbocycles. The van der Waals surface area contributed by atoms with Crippen molar-refractivity contribution in [1.82, 2.24) is 25.6 Å². The third-order valence-corrected chi connectivity index (χ3v) is 4.60. The van der Waals surface area contributed by atoms with E-state index in [-0.39, 0.29) is 18.8 Å². The van der Waals surface area contributed by atoms with Crippen LogP contribution in [0.2, 0.25) is 0 Å². The van der Waals surface area contributed by atoms with Gasteiger partial charge in [-0.15, -0.1) is 11.3 Å². The van der Waals surface area contributed by atoms with Crippen molar-refractivity contribution < 1.29 is 14.0 Å². The third kappa shape index (κ3) is 4.41. The Labute approximate surface area is 156 Å². The van der Waals surface area contributed by atoms with Gasteiger partial charge in [0.05, 0.1) is 11.3 Å². The second-order valence-electron chi connectivity index (χ2n) is 5.32. The SMILES string of the molecule is O=C(Cc1ccc(F)cc1)NNC(=O)Cn1c(-c2cccs2)n[nH]c1=S. The molecule has 0 saturated heterocycles. The quantitative estimate of drug-likeness (QED) is 0.459. The van der Waals surface area contributed by atoms with Crippen molar-refractivity contribution in [1.29, 1.82) is 0 Å². The van der Waals surface area contributed by atoms with Crippen LogP contribution in [-0.2, 0) is 22.6 Å². The number of hydrogen-bond acceptors (Lipinski definition) is 5. The molecule has 2 aromatic heterocycles. The van der Waals surface area contributed by atoms with Crippen molar-refractivity contribution in [3.63, 3.8) is 0 Å². The Morgan fingerprint density at radius 1 is 1.19 bits per heavy atom. The highest BCUT2D eigenvalue weighted by Crippen LogP contribution is 2.22. The number of thiophene rings is 1. The number of nitrogens with zero attached hydrogens (tertiary/aromatic N) is 2. The number of hydrogen-bond donors (Lipinski definition) is 3. The molecule has 3 N–H and O–H groups in total. The molecular weight excluding hydrogens is 377 g/mol. The van der Waals surface area contributed by atoms with Gasteiger partial charge in [-0.05, 0) is 41.4 Å². The minimum Gasteiger partial charge on any atom is -0.290 e. The molecule has 0 spiro atoms. The summed E-state index contributed by atoms with van der Waals surface area (Å²) in [5.74, 6) is -0.689. The summed E-state index contributed by atoms with van der Waals surface area (Å²) < 4.78 is 14.7. The predicted octanol–water partition coefficient (Wildman–Crippen LogP) is 2.20. The number of nitrogens with one attached hydrogen (secondary N) is 3. The van der Waals surface area contributed by atoms with E-state index in [1.807, 2.05) is 17.5 Å².